The van der Waals surface area contributed by atoms with Crippen molar-refractivity contribution in [2.45, 2.75) is 30.8 Å². The molecule has 1 saturated heterocycles. The second kappa shape index (κ2) is 7.89. The van der Waals surface area contributed by atoms with Gasteiger partial charge in [0.1, 0.15) is 11.4 Å². The molecule has 0 bridgehead atoms. The highest BCUT2D eigenvalue weighted by Gasteiger charge is 2.50. The molecule has 5 rings (SSSR count). The number of fused-ring (bicyclic) bond motifs is 1. The van der Waals surface area contributed by atoms with Gasteiger partial charge in [-0.3, -0.25) is 9.59 Å². The van der Waals surface area contributed by atoms with Crippen molar-refractivity contribution >= 4 is 17.5 Å². The van der Waals surface area contributed by atoms with Gasteiger partial charge in [0.15, 0.2) is 0 Å². The number of carbonyl (C=O) groups is 2. The van der Waals surface area contributed by atoms with Crippen LogP contribution in [-0.4, -0.2) is 72.1 Å². The van der Waals surface area contributed by atoms with E-state index in [4.69, 9.17) is 0 Å². The third-order valence-electron chi connectivity index (χ3n) is 7.03. The van der Waals surface area contributed by atoms with E-state index in [1.165, 1.54) is 17.3 Å². The molecule has 0 spiro atoms. The first-order valence-corrected chi connectivity index (χ1v) is 11.3. The maximum atomic E-state index is 15.0. The molecule has 1 unspecified atom stereocenters. The average Bonchev–Trinajstić information content (AvgIpc) is 3.56. The lowest BCUT2D eigenvalue weighted by Gasteiger charge is -2.36. The topological polar surface area (TPSA) is 64.1 Å². The minimum Gasteiger partial charge on any atom is -0.380 e. The van der Waals surface area contributed by atoms with Gasteiger partial charge < -0.3 is 19.8 Å². The summed E-state index contributed by atoms with van der Waals surface area (Å²) in [6.45, 7) is 2.20. The van der Waals surface area contributed by atoms with E-state index < -0.39 is 11.4 Å². The van der Waals surface area contributed by atoms with Crippen molar-refractivity contribution in [2.24, 2.45) is 0 Å². The first kappa shape index (κ1) is 20.9. The van der Waals surface area contributed by atoms with E-state index in [0.717, 1.165) is 18.5 Å². The number of halogens is 1. The maximum absolute atomic E-state index is 15.0. The number of rotatable bonds is 3. The highest BCUT2D eigenvalue weighted by Crippen LogP contribution is 2.37. The molecule has 0 radical (unpaired) electrons. The Morgan fingerprint density at radius 3 is 2.41 bits per heavy atom. The number of anilines is 1. The second-order valence-electron chi connectivity index (χ2n) is 9.27. The molecule has 1 N–H and O–H groups in total. The fraction of sp³-hybridized carbons (Fsp3) is 0.440. The van der Waals surface area contributed by atoms with Crippen molar-refractivity contribution in [1.29, 1.82) is 0 Å². The summed E-state index contributed by atoms with van der Waals surface area (Å²) in [7, 11) is 2.05. The van der Waals surface area contributed by atoms with E-state index in [9.17, 15) is 14.7 Å². The summed E-state index contributed by atoms with van der Waals surface area (Å²) in [6, 6.07) is 13.2. The fourth-order valence-corrected chi connectivity index (χ4v) is 4.91. The Labute approximate surface area is 187 Å². The summed E-state index contributed by atoms with van der Waals surface area (Å²) >= 11 is 0. The van der Waals surface area contributed by atoms with Gasteiger partial charge in [0, 0.05) is 51.4 Å². The number of nitrogens with zero attached hydrogens (tertiary/aromatic N) is 3. The molecule has 2 amide bonds. The van der Waals surface area contributed by atoms with Crippen molar-refractivity contribution in [3.8, 4) is 0 Å². The number of amides is 2. The van der Waals surface area contributed by atoms with Crippen LogP contribution in [0.5, 0.6) is 0 Å². The molecule has 2 fully saturated rings. The molecule has 1 aliphatic carbocycles. The monoisotopic (exact) mass is 437 g/mol. The summed E-state index contributed by atoms with van der Waals surface area (Å²) < 4.78 is 15.0. The summed E-state index contributed by atoms with van der Waals surface area (Å²) in [5.41, 5.74) is 2.23. The van der Waals surface area contributed by atoms with Gasteiger partial charge in [-0.05, 0) is 48.6 Å². The van der Waals surface area contributed by atoms with Crippen LogP contribution >= 0.6 is 0 Å². The van der Waals surface area contributed by atoms with Crippen LogP contribution in [-0.2, 0) is 11.2 Å². The molecule has 2 aliphatic heterocycles. The Kier molecular flexibility index (Phi) is 5.16. The van der Waals surface area contributed by atoms with E-state index in [2.05, 4.69) is 17.0 Å². The van der Waals surface area contributed by atoms with E-state index in [0.29, 0.717) is 39.0 Å². The first-order chi connectivity index (χ1) is 15.4. The predicted molar refractivity (Wildman–Crippen MR) is 119 cm³/mol. The van der Waals surface area contributed by atoms with Crippen LogP contribution < -0.4 is 4.90 Å². The number of hydrogen-bond donors (Lipinski definition) is 1. The zero-order valence-electron chi connectivity index (χ0n) is 18.3. The second-order valence-corrected chi connectivity index (χ2v) is 9.27. The van der Waals surface area contributed by atoms with Crippen molar-refractivity contribution in [2.75, 3.05) is 44.7 Å². The molecular weight excluding hydrogens is 409 g/mol. The minimum atomic E-state index is -1.19. The number of para-hydroxylation sites is 1. The van der Waals surface area contributed by atoms with Gasteiger partial charge in [-0.15, -0.1) is 0 Å². The number of hydrogen-bond acceptors (Lipinski definition) is 4. The molecule has 1 atom stereocenters. The SMILES string of the molecule is CN1CC(c2ccc(C(=O)N3CCN(C(=O)C4(O)CC4)CC3)c(F)c2)Cc2ccccc21. The fourth-order valence-electron chi connectivity index (χ4n) is 4.91. The third-order valence-corrected chi connectivity index (χ3v) is 7.03. The minimum absolute atomic E-state index is 0.0684. The van der Waals surface area contributed by atoms with Crippen LogP contribution in [0.4, 0.5) is 10.1 Å². The quantitative estimate of drug-likeness (QED) is 0.801. The van der Waals surface area contributed by atoms with Crippen LogP contribution in [0.15, 0.2) is 42.5 Å². The summed E-state index contributed by atoms with van der Waals surface area (Å²) in [5.74, 6) is -0.937. The van der Waals surface area contributed by atoms with E-state index in [1.54, 1.807) is 15.9 Å². The maximum Gasteiger partial charge on any atom is 0.256 e. The van der Waals surface area contributed by atoms with Crippen LogP contribution in [0.3, 0.4) is 0 Å². The van der Waals surface area contributed by atoms with Gasteiger partial charge >= 0.3 is 0 Å². The van der Waals surface area contributed by atoms with E-state index >= 15 is 4.39 Å². The highest BCUT2D eigenvalue weighted by atomic mass is 19.1. The Bertz CT molecular complexity index is 1060. The van der Waals surface area contributed by atoms with Crippen molar-refractivity contribution in [1.82, 2.24) is 9.80 Å². The molecule has 168 valence electrons. The van der Waals surface area contributed by atoms with Crippen LogP contribution in [0.1, 0.15) is 40.2 Å². The van der Waals surface area contributed by atoms with Gasteiger partial charge in [0.25, 0.3) is 11.8 Å². The normalized spacial score (nSPS) is 21.8. The van der Waals surface area contributed by atoms with Gasteiger partial charge in [0.05, 0.1) is 5.56 Å². The van der Waals surface area contributed by atoms with E-state index in [1.807, 2.05) is 25.2 Å². The summed E-state index contributed by atoms with van der Waals surface area (Å²) in [6.07, 6.45) is 1.85. The highest BCUT2D eigenvalue weighted by molar-refractivity contribution is 5.95. The van der Waals surface area contributed by atoms with Crippen molar-refractivity contribution in [3.05, 3.63) is 65.0 Å². The van der Waals surface area contributed by atoms with Gasteiger partial charge in [-0.2, -0.15) is 0 Å². The lowest BCUT2D eigenvalue weighted by Crippen LogP contribution is -2.53. The predicted octanol–water partition coefficient (Wildman–Crippen LogP) is 2.41. The zero-order chi connectivity index (χ0) is 22.5. The Morgan fingerprint density at radius 1 is 1.03 bits per heavy atom. The lowest BCUT2D eigenvalue weighted by molar-refractivity contribution is -0.143. The number of aliphatic hydroxyl groups is 1. The number of piperazine rings is 1. The molecule has 2 heterocycles. The Morgan fingerprint density at radius 2 is 1.72 bits per heavy atom. The largest absolute Gasteiger partial charge is 0.380 e. The van der Waals surface area contributed by atoms with Gasteiger partial charge in [-0.1, -0.05) is 24.3 Å². The van der Waals surface area contributed by atoms with Crippen molar-refractivity contribution < 1.29 is 19.1 Å². The molecular formula is C25H28FN3O3. The van der Waals surface area contributed by atoms with Crippen LogP contribution in [0.2, 0.25) is 0 Å². The lowest BCUT2D eigenvalue weighted by atomic mass is 9.87. The van der Waals surface area contributed by atoms with E-state index in [-0.39, 0.29) is 23.3 Å². The zero-order valence-corrected chi connectivity index (χ0v) is 18.3. The summed E-state index contributed by atoms with van der Waals surface area (Å²) in [4.78, 5) is 30.6. The van der Waals surface area contributed by atoms with Gasteiger partial charge in [-0.25, -0.2) is 4.39 Å². The standard InChI is InChI=1S/C25H28FN3O3/c1-27-16-19(14-18-4-2-3-5-22(18)27)17-6-7-20(21(26)15-17)23(30)28-10-12-29(13-11-28)24(31)25(32)8-9-25/h2-7,15,19,32H,8-14,16H2,1H3. The number of carbonyl (C=O) groups excluding carboxylic acids is 2. The summed E-state index contributed by atoms with van der Waals surface area (Å²) in [5, 5.41) is 10.0. The van der Waals surface area contributed by atoms with Crippen LogP contribution in [0.25, 0.3) is 0 Å². The Balaban J connectivity index is 1.26. The molecule has 32 heavy (non-hydrogen) atoms. The third kappa shape index (κ3) is 3.75. The first-order valence-electron chi connectivity index (χ1n) is 11.3. The number of benzene rings is 2. The molecule has 2 aromatic carbocycles. The smallest absolute Gasteiger partial charge is 0.256 e. The molecule has 0 aromatic heterocycles. The average molecular weight is 438 g/mol. The molecule has 7 heteroatoms. The molecule has 3 aliphatic rings. The molecule has 2 aromatic rings. The van der Waals surface area contributed by atoms with Gasteiger partial charge in [0.2, 0.25) is 0 Å². The van der Waals surface area contributed by atoms with Crippen LogP contribution in [0, 0.1) is 5.82 Å². The number of likely N-dealkylation sites (N-methyl/N-ethyl adjacent to an activating group) is 1. The molecule has 1 saturated carbocycles. The Hall–Kier alpha value is -2.93. The van der Waals surface area contributed by atoms with Crippen molar-refractivity contribution in [3.63, 3.8) is 0 Å². The molecule has 6 nitrogen and oxygen atoms in total.